The van der Waals surface area contributed by atoms with E-state index >= 15 is 0 Å². The van der Waals surface area contributed by atoms with Crippen LogP contribution in [0.4, 0.5) is 0 Å². The number of carbonyl (C=O) groups is 1. The summed E-state index contributed by atoms with van der Waals surface area (Å²) in [5, 5.41) is 27.7. The highest BCUT2D eigenvalue weighted by Crippen LogP contribution is 2.27. The molecule has 7 nitrogen and oxygen atoms in total. The van der Waals surface area contributed by atoms with Crippen molar-refractivity contribution in [3.8, 4) is 5.75 Å². The topological polar surface area (TPSA) is 123 Å². The number of hydrogen-bond acceptors (Lipinski definition) is 4. The molecule has 1 saturated heterocycles. The third-order valence-corrected chi connectivity index (χ3v) is 6.85. The third-order valence-electron chi connectivity index (χ3n) is 6.85. The van der Waals surface area contributed by atoms with Gasteiger partial charge < -0.3 is 20.5 Å². The van der Waals surface area contributed by atoms with E-state index in [1.54, 1.807) is 0 Å². The highest BCUT2D eigenvalue weighted by atomic mass is 16.5. The molecule has 0 amide bonds. The number of amidine groups is 2. The summed E-state index contributed by atoms with van der Waals surface area (Å²) in [6.45, 7) is 3.76. The predicted octanol–water partition coefficient (Wildman–Crippen LogP) is 5.16. The van der Waals surface area contributed by atoms with Gasteiger partial charge in [-0.3, -0.25) is 15.6 Å². The molecule has 1 aliphatic heterocycles. The molecule has 0 spiro atoms. The highest BCUT2D eigenvalue weighted by molar-refractivity contribution is 5.99. The Morgan fingerprint density at radius 3 is 2.39 bits per heavy atom. The zero-order valence-corrected chi connectivity index (χ0v) is 20.7. The van der Waals surface area contributed by atoms with Crippen LogP contribution in [0, 0.1) is 10.8 Å². The van der Waals surface area contributed by atoms with Gasteiger partial charge in [0.15, 0.2) is 0 Å². The maximum absolute atomic E-state index is 12.1. The zero-order chi connectivity index (χ0) is 25.7. The molecule has 188 valence electrons. The summed E-state index contributed by atoms with van der Waals surface area (Å²) in [5.74, 6) is -0.0869. The van der Waals surface area contributed by atoms with Gasteiger partial charge in [-0.05, 0) is 52.9 Å². The van der Waals surface area contributed by atoms with Gasteiger partial charge in [-0.15, -0.1) is 0 Å². The minimum atomic E-state index is -0.872. The van der Waals surface area contributed by atoms with Crippen LogP contribution in [0.1, 0.15) is 55.2 Å². The fraction of sp³-hybridized carbons (Fsp3) is 0.345. The van der Waals surface area contributed by atoms with Crippen LogP contribution in [-0.4, -0.2) is 46.8 Å². The largest absolute Gasteiger partial charge is 0.490 e. The molecule has 1 aliphatic rings. The fourth-order valence-electron chi connectivity index (χ4n) is 4.78. The zero-order valence-electron chi connectivity index (χ0n) is 20.7. The van der Waals surface area contributed by atoms with Gasteiger partial charge in [0, 0.05) is 37.9 Å². The number of benzene rings is 3. The summed E-state index contributed by atoms with van der Waals surface area (Å²) in [6.07, 6.45) is 4.02. The first-order valence-electron chi connectivity index (χ1n) is 12.5. The lowest BCUT2D eigenvalue weighted by molar-refractivity contribution is -0.138. The molecule has 0 radical (unpaired) electrons. The van der Waals surface area contributed by atoms with E-state index in [9.17, 15) is 9.90 Å². The SMILES string of the molecule is CCCC(=N)N1CCC(Oc2ccc(C(Cc3ccc4ccc(C(=N)N)cc4c3)C(=O)O)cc2)CC1. The Bertz CT molecular complexity index is 1250. The molecular weight excluding hydrogens is 452 g/mol. The Labute approximate surface area is 211 Å². The van der Waals surface area contributed by atoms with Crippen molar-refractivity contribution in [2.24, 2.45) is 5.73 Å². The van der Waals surface area contributed by atoms with Gasteiger partial charge in [-0.1, -0.05) is 49.4 Å². The fourth-order valence-corrected chi connectivity index (χ4v) is 4.78. The lowest BCUT2D eigenvalue weighted by Gasteiger charge is -2.33. The van der Waals surface area contributed by atoms with Crippen molar-refractivity contribution >= 4 is 28.4 Å². The Morgan fingerprint density at radius 1 is 1.06 bits per heavy atom. The number of nitrogen functional groups attached to an aromatic ring is 1. The molecule has 1 unspecified atom stereocenters. The van der Waals surface area contributed by atoms with E-state index in [2.05, 4.69) is 11.8 Å². The van der Waals surface area contributed by atoms with E-state index in [-0.39, 0.29) is 11.9 Å². The van der Waals surface area contributed by atoms with Crippen LogP contribution in [0.3, 0.4) is 0 Å². The minimum Gasteiger partial charge on any atom is -0.490 e. The number of likely N-dealkylation sites (tertiary alicyclic amines) is 1. The third kappa shape index (κ3) is 6.03. The van der Waals surface area contributed by atoms with E-state index in [0.717, 1.165) is 66.4 Å². The van der Waals surface area contributed by atoms with Crippen LogP contribution in [0.2, 0.25) is 0 Å². The van der Waals surface area contributed by atoms with Crippen LogP contribution in [0.25, 0.3) is 10.8 Å². The molecule has 0 aliphatic carbocycles. The van der Waals surface area contributed by atoms with Crippen molar-refractivity contribution < 1.29 is 14.6 Å². The molecule has 1 heterocycles. The van der Waals surface area contributed by atoms with E-state index in [1.165, 1.54) is 0 Å². The van der Waals surface area contributed by atoms with Gasteiger partial charge in [0.2, 0.25) is 0 Å². The molecule has 0 bridgehead atoms. The number of piperidine rings is 1. The number of fused-ring (bicyclic) bond motifs is 1. The second-order valence-electron chi connectivity index (χ2n) is 9.47. The monoisotopic (exact) mass is 486 g/mol. The van der Waals surface area contributed by atoms with Crippen molar-refractivity contribution in [3.63, 3.8) is 0 Å². The molecular formula is C29H34N4O3. The lowest BCUT2D eigenvalue weighted by atomic mass is 9.91. The molecule has 1 atom stereocenters. The number of nitrogens with two attached hydrogens (primary N) is 1. The Kier molecular flexibility index (Phi) is 7.88. The molecule has 7 heteroatoms. The summed E-state index contributed by atoms with van der Waals surface area (Å²) in [5.41, 5.74) is 7.92. The number of hydrogen-bond donors (Lipinski definition) is 4. The first kappa shape index (κ1) is 25.2. The summed E-state index contributed by atoms with van der Waals surface area (Å²) in [6, 6.07) is 18.9. The second-order valence-corrected chi connectivity index (χ2v) is 9.47. The Hall–Kier alpha value is -3.87. The van der Waals surface area contributed by atoms with Crippen molar-refractivity contribution in [1.82, 2.24) is 4.90 Å². The second kappa shape index (κ2) is 11.2. The maximum Gasteiger partial charge on any atom is 0.311 e. The summed E-state index contributed by atoms with van der Waals surface area (Å²) in [4.78, 5) is 14.3. The number of aliphatic carboxylic acids is 1. The first-order valence-corrected chi connectivity index (χ1v) is 12.5. The van der Waals surface area contributed by atoms with Crippen LogP contribution in [0.15, 0.2) is 60.7 Å². The van der Waals surface area contributed by atoms with Crippen molar-refractivity contribution in [3.05, 3.63) is 77.4 Å². The first-order chi connectivity index (χ1) is 17.3. The summed E-state index contributed by atoms with van der Waals surface area (Å²) < 4.78 is 6.16. The average Bonchev–Trinajstić information content (AvgIpc) is 2.88. The number of carboxylic acid groups (broad SMARTS) is 1. The molecule has 0 aromatic heterocycles. The summed E-state index contributed by atoms with van der Waals surface area (Å²) in [7, 11) is 0. The van der Waals surface area contributed by atoms with Crippen LogP contribution < -0.4 is 10.5 Å². The molecule has 4 rings (SSSR count). The van der Waals surface area contributed by atoms with E-state index in [1.807, 2.05) is 60.7 Å². The standard InChI is InChI=1S/C29H34N4O3/c1-2-3-27(30)33-14-12-25(13-15-33)36-24-10-8-21(9-11-24)26(29(34)35)17-19-4-5-20-6-7-22(28(31)32)18-23(20)16-19/h4-11,16,18,25-26,30H,2-3,12-15,17H2,1H3,(H3,31,32)(H,34,35). The van der Waals surface area contributed by atoms with Gasteiger partial charge >= 0.3 is 5.97 Å². The van der Waals surface area contributed by atoms with Gasteiger partial charge in [0.1, 0.15) is 17.7 Å². The number of rotatable bonds is 9. The molecule has 5 N–H and O–H groups in total. The molecule has 3 aromatic carbocycles. The van der Waals surface area contributed by atoms with Gasteiger partial charge in [-0.2, -0.15) is 0 Å². The molecule has 0 saturated carbocycles. The van der Waals surface area contributed by atoms with Crippen molar-refractivity contribution in [1.29, 1.82) is 10.8 Å². The van der Waals surface area contributed by atoms with E-state index in [4.69, 9.17) is 21.3 Å². The van der Waals surface area contributed by atoms with Crippen LogP contribution >= 0.6 is 0 Å². The quantitative estimate of drug-likeness (QED) is 0.246. The molecule has 3 aromatic rings. The van der Waals surface area contributed by atoms with Crippen molar-refractivity contribution in [2.75, 3.05) is 13.1 Å². The predicted molar refractivity (Wildman–Crippen MR) is 143 cm³/mol. The van der Waals surface area contributed by atoms with E-state index in [0.29, 0.717) is 17.8 Å². The molecule has 1 fully saturated rings. The van der Waals surface area contributed by atoms with Gasteiger partial charge in [0.05, 0.1) is 11.8 Å². The van der Waals surface area contributed by atoms with Crippen LogP contribution in [-0.2, 0) is 11.2 Å². The minimum absolute atomic E-state index is 0.00884. The number of carboxylic acids is 1. The maximum atomic E-state index is 12.1. The van der Waals surface area contributed by atoms with Gasteiger partial charge in [-0.25, -0.2) is 0 Å². The highest BCUT2D eigenvalue weighted by Gasteiger charge is 2.23. The summed E-state index contributed by atoms with van der Waals surface area (Å²) >= 11 is 0. The van der Waals surface area contributed by atoms with Crippen molar-refractivity contribution in [2.45, 2.75) is 51.0 Å². The average molecular weight is 487 g/mol. The Balaban J connectivity index is 1.41. The normalized spacial score (nSPS) is 15.0. The molecule has 36 heavy (non-hydrogen) atoms. The van der Waals surface area contributed by atoms with E-state index < -0.39 is 11.9 Å². The number of nitrogens with zero attached hydrogens (tertiary/aromatic N) is 1. The van der Waals surface area contributed by atoms with Crippen LogP contribution in [0.5, 0.6) is 5.75 Å². The number of nitrogens with one attached hydrogen (secondary N) is 2. The van der Waals surface area contributed by atoms with Gasteiger partial charge in [0.25, 0.3) is 0 Å². The lowest BCUT2D eigenvalue weighted by Crippen LogP contribution is -2.41. The Morgan fingerprint density at radius 2 is 1.75 bits per heavy atom. The smallest absolute Gasteiger partial charge is 0.311 e. The number of ether oxygens (including phenoxy) is 1.